The van der Waals surface area contributed by atoms with E-state index in [1.807, 2.05) is 113 Å². The van der Waals surface area contributed by atoms with Crippen molar-refractivity contribution < 1.29 is 28.5 Å². The first-order valence-corrected chi connectivity index (χ1v) is 22.7. The summed E-state index contributed by atoms with van der Waals surface area (Å²) in [6.07, 6.45) is 2.85. The molecule has 64 heavy (non-hydrogen) atoms. The van der Waals surface area contributed by atoms with Crippen LogP contribution in [0.4, 0.5) is 9.59 Å². The molecule has 0 saturated carbocycles. The van der Waals surface area contributed by atoms with Crippen LogP contribution in [0.2, 0.25) is 0 Å². The summed E-state index contributed by atoms with van der Waals surface area (Å²) in [5, 5.41) is 8.28. The molecular formula is C56H56N2O6. The van der Waals surface area contributed by atoms with Crippen molar-refractivity contribution in [2.24, 2.45) is 0 Å². The second-order valence-electron chi connectivity index (χ2n) is 15.8. The predicted octanol–water partition coefficient (Wildman–Crippen LogP) is 14.3. The maximum Gasteiger partial charge on any atom is 0.415 e. The summed E-state index contributed by atoms with van der Waals surface area (Å²) in [7, 11) is 0. The maximum absolute atomic E-state index is 13.4. The number of unbranched alkanes of at least 4 members (excludes halogenated alkanes) is 3. The van der Waals surface area contributed by atoms with E-state index in [9.17, 15) is 9.59 Å². The van der Waals surface area contributed by atoms with Crippen molar-refractivity contribution in [3.63, 3.8) is 0 Å². The zero-order valence-electron chi connectivity index (χ0n) is 37.3. The van der Waals surface area contributed by atoms with Gasteiger partial charge in [-0.25, -0.2) is 9.59 Å². The van der Waals surface area contributed by atoms with Gasteiger partial charge in [0.25, 0.3) is 0 Å². The molecule has 0 saturated heterocycles. The molecule has 0 bridgehead atoms. The zero-order valence-corrected chi connectivity index (χ0v) is 37.3. The van der Waals surface area contributed by atoms with E-state index in [1.165, 1.54) is 0 Å². The third-order valence-corrected chi connectivity index (χ3v) is 12.1. The van der Waals surface area contributed by atoms with Crippen molar-refractivity contribution in [3.8, 4) is 45.3 Å². The summed E-state index contributed by atoms with van der Waals surface area (Å²) in [5.74, 6) is 2.50. The number of amides is 2. The molecule has 0 heterocycles. The van der Waals surface area contributed by atoms with Crippen molar-refractivity contribution in [2.75, 3.05) is 39.4 Å². The second kappa shape index (κ2) is 20.4. The van der Waals surface area contributed by atoms with Crippen molar-refractivity contribution >= 4 is 55.3 Å². The van der Waals surface area contributed by atoms with Gasteiger partial charge in [-0.2, -0.15) is 0 Å². The third kappa shape index (κ3) is 9.18. The van der Waals surface area contributed by atoms with Gasteiger partial charge in [0.15, 0.2) is 0 Å². The summed E-state index contributed by atoms with van der Waals surface area (Å²) in [4.78, 5) is 30.1. The third-order valence-electron chi connectivity index (χ3n) is 12.1. The van der Waals surface area contributed by atoms with Crippen molar-refractivity contribution in [1.29, 1.82) is 0 Å². The molecule has 0 aliphatic rings. The van der Waals surface area contributed by atoms with Gasteiger partial charge < -0.3 is 28.7 Å². The molecule has 0 spiro atoms. The fourth-order valence-corrected chi connectivity index (χ4v) is 8.65. The lowest BCUT2D eigenvalue weighted by Gasteiger charge is -2.22. The Morgan fingerprint density at radius 2 is 0.641 bits per heavy atom. The first kappa shape index (κ1) is 43.6. The number of fused-ring (bicyclic) bond motifs is 4. The summed E-state index contributed by atoms with van der Waals surface area (Å²) < 4.78 is 25.7. The topological polar surface area (TPSA) is 77.5 Å². The summed E-state index contributed by atoms with van der Waals surface area (Å²) in [5.41, 5.74) is 3.50. The Morgan fingerprint density at radius 3 is 0.953 bits per heavy atom. The number of carbonyl (C=O) groups excluding carboxylic acids is 2. The van der Waals surface area contributed by atoms with E-state index in [2.05, 4.69) is 60.7 Å². The van der Waals surface area contributed by atoms with E-state index in [0.29, 0.717) is 50.9 Å². The van der Waals surface area contributed by atoms with Crippen LogP contribution in [0.5, 0.6) is 23.0 Å². The molecule has 8 aromatic carbocycles. The van der Waals surface area contributed by atoms with E-state index in [4.69, 9.17) is 18.9 Å². The van der Waals surface area contributed by atoms with Gasteiger partial charge >= 0.3 is 12.2 Å². The van der Waals surface area contributed by atoms with Crippen LogP contribution < -0.4 is 18.9 Å². The summed E-state index contributed by atoms with van der Waals surface area (Å²) >= 11 is 0. The molecular weight excluding hydrogens is 797 g/mol. The molecule has 8 nitrogen and oxygen atoms in total. The van der Waals surface area contributed by atoms with Gasteiger partial charge in [-0.3, -0.25) is 0 Å². The lowest BCUT2D eigenvalue weighted by atomic mass is 9.92. The van der Waals surface area contributed by atoms with Crippen LogP contribution in [-0.2, 0) is 0 Å². The van der Waals surface area contributed by atoms with Crippen LogP contribution in [0.3, 0.4) is 0 Å². The summed E-state index contributed by atoms with van der Waals surface area (Å²) in [6, 6.07) is 49.0. The fraction of sp³-hybridized carbons (Fsp3) is 0.250. The van der Waals surface area contributed by atoms with E-state index in [-0.39, 0.29) is 12.2 Å². The van der Waals surface area contributed by atoms with Gasteiger partial charge in [0.1, 0.15) is 23.0 Å². The average Bonchev–Trinajstić information content (AvgIpc) is 3.33. The van der Waals surface area contributed by atoms with E-state index >= 15 is 0 Å². The average molecular weight is 853 g/mol. The molecule has 0 aliphatic carbocycles. The standard InChI is InChI=1S/C56H56N2O6/c1-5-57(6-2)55(59)63-49-35-31-41-23-13-17-27-45(41)53(49)51-43-25-15-11-21-39(43)29-33-47(51)61-37-19-9-10-20-38-62-48-34-30-40-22-12-16-26-44(40)52(48)54-46-28-18-14-24-42(46)32-36-50(54)64-56(60)58(7-3)8-4/h11-18,21-36H,5-10,19-20,37-38H2,1-4H3. The quantitative estimate of drug-likeness (QED) is 0.0849. The molecule has 0 atom stereocenters. The van der Waals surface area contributed by atoms with Crippen LogP contribution in [0.15, 0.2) is 146 Å². The number of nitrogens with zero attached hydrogens (tertiary/aromatic N) is 2. The Hall–Kier alpha value is -7.06. The Kier molecular flexibility index (Phi) is 13.9. The van der Waals surface area contributed by atoms with Crippen LogP contribution in [0, 0.1) is 0 Å². The van der Waals surface area contributed by atoms with Gasteiger partial charge in [0, 0.05) is 48.4 Å². The lowest BCUT2D eigenvalue weighted by molar-refractivity contribution is 0.156. The highest BCUT2D eigenvalue weighted by molar-refractivity contribution is 6.11. The minimum Gasteiger partial charge on any atom is -0.493 e. The predicted molar refractivity (Wildman–Crippen MR) is 261 cm³/mol. The van der Waals surface area contributed by atoms with Crippen LogP contribution in [0.25, 0.3) is 65.3 Å². The molecule has 8 rings (SSSR count). The van der Waals surface area contributed by atoms with Crippen LogP contribution >= 0.6 is 0 Å². The number of hydrogen-bond donors (Lipinski definition) is 0. The minimum absolute atomic E-state index is 0.375. The normalized spacial score (nSPS) is 11.2. The molecule has 0 N–H and O–H groups in total. The molecule has 326 valence electrons. The highest BCUT2D eigenvalue weighted by atomic mass is 16.6. The molecule has 0 aliphatic heterocycles. The number of rotatable bonds is 17. The number of hydrogen-bond acceptors (Lipinski definition) is 6. The van der Waals surface area contributed by atoms with Gasteiger partial charge in [-0.1, -0.05) is 121 Å². The highest BCUT2D eigenvalue weighted by Gasteiger charge is 2.24. The maximum atomic E-state index is 13.4. The second-order valence-corrected chi connectivity index (χ2v) is 15.8. The zero-order chi connectivity index (χ0) is 44.4. The van der Waals surface area contributed by atoms with Crippen molar-refractivity contribution in [1.82, 2.24) is 9.80 Å². The monoisotopic (exact) mass is 852 g/mol. The molecule has 8 heteroatoms. The van der Waals surface area contributed by atoms with Crippen molar-refractivity contribution in [2.45, 2.75) is 53.4 Å². The van der Waals surface area contributed by atoms with Crippen LogP contribution in [-0.4, -0.2) is 61.4 Å². The number of benzene rings is 8. The first-order chi connectivity index (χ1) is 31.4. The number of ether oxygens (including phenoxy) is 4. The summed E-state index contributed by atoms with van der Waals surface area (Å²) in [6.45, 7) is 11.1. The van der Waals surface area contributed by atoms with Gasteiger partial charge in [0.05, 0.1) is 13.2 Å². The molecule has 0 fully saturated rings. The fourth-order valence-electron chi connectivity index (χ4n) is 8.65. The Balaban J connectivity index is 0.994. The highest BCUT2D eigenvalue weighted by Crippen LogP contribution is 2.47. The van der Waals surface area contributed by atoms with E-state index < -0.39 is 0 Å². The largest absolute Gasteiger partial charge is 0.493 e. The van der Waals surface area contributed by atoms with E-state index in [1.54, 1.807) is 9.80 Å². The lowest BCUT2D eigenvalue weighted by Crippen LogP contribution is -2.33. The molecule has 0 radical (unpaired) electrons. The first-order valence-electron chi connectivity index (χ1n) is 22.7. The molecule has 8 aromatic rings. The van der Waals surface area contributed by atoms with E-state index in [0.717, 1.165) is 103 Å². The number of carbonyl (C=O) groups is 2. The van der Waals surface area contributed by atoms with Crippen LogP contribution in [0.1, 0.15) is 53.4 Å². The molecule has 0 aromatic heterocycles. The SMILES string of the molecule is CCN(CC)C(=O)Oc1ccc2ccccc2c1-c1c(OCCCCCCOc2ccc3ccccc3c2-c2c(OC(=O)N(CC)CC)ccc3ccccc23)ccc2ccccc12. The van der Waals surface area contributed by atoms with Gasteiger partial charge in [-0.15, -0.1) is 0 Å². The molecule has 2 amide bonds. The molecule has 0 unspecified atom stereocenters. The Labute approximate surface area is 375 Å². The van der Waals surface area contributed by atoms with Gasteiger partial charge in [0.2, 0.25) is 0 Å². The Morgan fingerprint density at radius 1 is 0.359 bits per heavy atom. The smallest absolute Gasteiger partial charge is 0.415 e. The minimum atomic E-state index is -0.375. The van der Waals surface area contributed by atoms with Crippen molar-refractivity contribution in [3.05, 3.63) is 146 Å². The van der Waals surface area contributed by atoms with Gasteiger partial charge in [-0.05, 0) is 121 Å². The Bertz CT molecular complexity index is 2720.